The van der Waals surface area contributed by atoms with E-state index in [0.29, 0.717) is 31.6 Å². The number of nitrogens with one attached hydrogen (secondary N) is 1. The molecule has 1 atom stereocenters. The summed E-state index contributed by atoms with van der Waals surface area (Å²) in [5.74, 6) is 1.04. The minimum absolute atomic E-state index is 0.0304. The van der Waals surface area contributed by atoms with E-state index >= 15 is 0 Å². The molecule has 8 nitrogen and oxygen atoms in total. The van der Waals surface area contributed by atoms with Crippen molar-refractivity contribution in [2.75, 3.05) is 13.2 Å². The molecule has 1 aliphatic carbocycles. The Bertz CT molecular complexity index is 985. The van der Waals surface area contributed by atoms with Crippen molar-refractivity contribution in [1.29, 1.82) is 0 Å². The molecule has 1 amide bonds. The molecule has 3 aromatic rings. The van der Waals surface area contributed by atoms with Gasteiger partial charge in [-0.15, -0.1) is 0 Å². The molecule has 1 fully saturated rings. The lowest BCUT2D eigenvalue weighted by Gasteiger charge is -2.35. The molecule has 1 aliphatic rings. The minimum atomic E-state index is -0.0311. The second-order valence-corrected chi connectivity index (χ2v) is 7.93. The lowest BCUT2D eigenvalue weighted by atomic mass is 9.83. The van der Waals surface area contributed by atoms with Gasteiger partial charge in [0.05, 0.1) is 31.2 Å². The number of pyridine rings is 1. The number of carbonyl (C=O) groups is 1. The SMILES string of the molecule is CC(=O)N[C@@H](C)COC1CC(COc2ncnc3c2ccn3Cc2cccnc2)C1. The van der Waals surface area contributed by atoms with E-state index < -0.39 is 0 Å². The summed E-state index contributed by atoms with van der Waals surface area (Å²) in [5.41, 5.74) is 1.97. The first-order chi connectivity index (χ1) is 14.6. The van der Waals surface area contributed by atoms with Gasteiger partial charge in [0.25, 0.3) is 0 Å². The summed E-state index contributed by atoms with van der Waals surface area (Å²) in [6.45, 7) is 5.31. The van der Waals surface area contributed by atoms with Gasteiger partial charge in [-0.3, -0.25) is 9.78 Å². The summed E-state index contributed by atoms with van der Waals surface area (Å²) >= 11 is 0. The molecule has 1 saturated carbocycles. The second kappa shape index (κ2) is 9.21. The summed E-state index contributed by atoms with van der Waals surface area (Å²) in [4.78, 5) is 24.0. The van der Waals surface area contributed by atoms with Crippen LogP contribution in [0.25, 0.3) is 11.0 Å². The number of rotatable bonds is 9. The van der Waals surface area contributed by atoms with Crippen LogP contribution in [0.4, 0.5) is 0 Å². The molecule has 0 bridgehead atoms. The summed E-state index contributed by atoms with van der Waals surface area (Å²) in [5, 5.41) is 3.74. The van der Waals surface area contributed by atoms with E-state index in [4.69, 9.17) is 9.47 Å². The van der Waals surface area contributed by atoms with Gasteiger partial charge in [0.1, 0.15) is 12.0 Å². The first-order valence-corrected chi connectivity index (χ1v) is 10.3. The number of carbonyl (C=O) groups excluding carboxylic acids is 1. The Morgan fingerprint density at radius 2 is 2.20 bits per heavy atom. The number of hydrogen-bond donors (Lipinski definition) is 1. The van der Waals surface area contributed by atoms with Crippen LogP contribution in [0.15, 0.2) is 43.1 Å². The fourth-order valence-corrected chi connectivity index (χ4v) is 3.72. The highest BCUT2D eigenvalue weighted by atomic mass is 16.5. The zero-order valence-electron chi connectivity index (χ0n) is 17.3. The topological polar surface area (TPSA) is 91.2 Å². The number of hydrogen-bond acceptors (Lipinski definition) is 6. The molecule has 158 valence electrons. The van der Waals surface area contributed by atoms with Crippen molar-refractivity contribution in [2.45, 2.75) is 45.4 Å². The van der Waals surface area contributed by atoms with Crippen LogP contribution in [0.1, 0.15) is 32.3 Å². The molecule has 0 radical (unpaired) electrons. The average molecular weight is 409 g/mol. The summed E-state index contributed by atoms with van der Waals surface area (Å²) < 4.78 is 13.9. The summed E-state index contributed by atoms with van der Waals surface area (Å²) in [6, 6.07) is 6.00. The average Bonchev–Trinajstić information content (AvgIpc) is 3.10. The fourth-order valence-electron chi connectivity index (χ4n) is 3.72. The Morgan fingerprint density at radius 3 is 2.97 bits per heavy atom. The Morgan fingerprint density at radius 1 is 1.33 bits per heavy atom. The van der Waals surface area contributed by atoms with Crippen LogP contribution in [0.3, 0.4) is 0 Å². The Labute approximate surface area is 175 Å². The predicted molar refractivity (Wildman–Crippen MR) is 112 cm³/mol. The van der Waals surface area contributed by atoms with Gasteiger partial charge in [0.15, 0.2) is 0 Å². The van der Waals surface area contributed by atoms with Crippen molar-refractivity contribution in [3.8, 4) is 5.88 Å². The maximum atomic E-state index is 11.0. The molecular weight excluding hydrogens is 382 g/mol. The third kappa shape index (κ3) is 4.94. The van der Waals surface area contributed by atoms with E-state index in [1.807, 2.05) is 37.5 Å². The normalized spacial score (nSPS) is 19.3. The summed E-state index contributed by atoms with van der Waals surface area (Å²) in [7, 11) is 0. The van der Waals surface area contributed by atoms with Crippen molar-refractivity contribution in [3.05, 3.63) is 48.7 Å². The van der Waals surface area contributed by atoms with Gasteiger partial charge in [-0.25, -0.2) is 9.97 Å². The number of fused-ring (bicyclic) bond motifs is 1. The first-order valence-electron chi connectivity index (χ1n) is 10.3. The van der Waals surface area contributed by atoms with Crippen LogP contribution in [-0.4, -0.2) is 50.8 Å². The van der Waals surface area contributed by atoms with Gasteiger partial charge in [0, 0.05) is 31.6 Å². The third-order valence-electron chi connectivity index (χ3n) is 5.28. The second-order valence-electron chi connectivity index (χ2n) is 7.93. The number of ether oxygens (including phenoxy) is 2. The maximum Gasteiger partial charge on any atom is 0.226 e. The van der Waals surface area contributed by atoms with Crippen molar-refractivity contribution in [2.24, 2.45) is 5.92 Å². The van der Waals surface area contributed by atoms with Gasteiger partial charge in [-0.1, -0.05) is 6.07 Å². The predicted octanol–water partition coefficient (Wildman–Crippen LogP) is 2.57. The van der Waals surface area contributed by atoms with E-state index in [1.54, 1.807) is 12.5 Å². The van der Waals surface area contributed by atoms with Gasteiger partial charge < -0.3 is 19.4 Å². The highest BCUT2D eigenvalue weighted by Crippen LogP contribution is 2.31. The lowest BCUT2D eigenvalue weighted by molar-refractivity contribution is -0.120. The quantitative estimate of drug-likeness (QED) is 0.584. The minimum Gasteiger partial charge on any atom is -0.477 e. The Balaban J connectivity index is 1.28. The molecule has 4 rings (SSSR count). The van der Waals surface area contributed by atoms with Gasteiger partial charge in [-0.2, -0.15) is 0 Å². The van der Waals surface area contributed by atoms with Crippen LogP contribution in [-0.2, 0) is 16.1 Å². The van der Waals surface area contributed by atoms with Crippen molar-refractivity contribution < 1.29 is 14.3 Å². The summed E-state index contributed by atoms with van der Waals surface area (Å²) in [6.07, 6.45) is 9.34. The van der Waals surface area contributed by atoms with E-state index in [1.165, 1.54) is 6.92 Å². The standard InChI is InChI=1S/C22H27N5O3/c1-15(26-16(2)28)12-29-19-8-18(9-19)13-30-22-20-5-7-27(21(20)24-14-25-22)11-17-4-3-6-23-10-17/h3-7,10,14-15,18-19H,8-9,11-13H2,1-2H3,(H,26,28)/t15-,18?,19?/m0/s1. The lowest BCUT2D eigenvalue weighted by Crippen LogP contribution is -2.40. The van der Waals surface area contributed by atoms with Crippen LogP contribution in [0.5, 0.6) is 5.88 Å². The highest BCUT2D eigenvalue weighted by molar-refractivity contribution is 5.81. The molecule has 3 heterocycles. The maximum absolute atomic E-state index is 11.0. The fraction of sp³-hybridized carbons (Fsp3) is 0.455. The van der Waals surface area contributed by atoms with E-state index in [-0.39, 0.29) is 18.1 Å². The van der Waals surface area contributed by atoms with Crippen LogP contribution in [0.2, 0.25) is 0 Å². The molecule has 0 saturated heterocycles. The molecule has 0 unspecified atom stereocenters. The van der Waals surface area contributed by atoms with E-state index in [0.717, 1.165) is 29.4 Å². The molecule has 3 aromatic heterocycles. The first kappa shape index (κ1) is 20.3. The molecule has 0 aliphatic heterocycles. The molecule has 30 heavy (non-hydrogen) atoms. The van der Waals surface area contributed by atoms with Crippen molar-refractivity contribution >= 4 is 16.9 Å². The molecular formula is C22H27N5O3. The van der Waals surface area contributed by atoms with Crippen LogP contribution < -0.4 is 10.1 Å². The smallest absolute Gasteiger partial charge is 0.226 e. The molecule has 0 spiro atoms. The molecule has 0 aromatic carbocycles. The van der Waals surface area contributed by atoms with Crippen LogP contribution in [0, 0.1) is 5.92 Å². The Hall–Kier alpha value is -3.00. The van der Waals surface area contributed by atoms with Gasteiger partial charge >= 0.3 is 0 Å². The molecule has 8 heteroatoms. The van der Waals surface area contributed by atoms with E-state index in [2.05, 4.69) is 24.8 Å². The Kier molecular flexibility index (Phi) is 6.23. The zero-order chi connectivity index (χ0) is 20.9. The van der Waals surface area contributed by atoms with Gasteiger partial charge in [-0.05, 0) is 43.4 Å². The zero-order valence-corrected chi connectivity index (χ0v) is 17.3. The number of amides is 1. The third-order valence-corrected chi connectivity index (χ3v) is 5.28. The highest BCUT2D eigenvalue weighted by Gasteiger charge is 2.31. The monoisotopic (exact) mass is 409 g/mol. The number of aromatic nitrogens is 4. The number of nitrogens with zero attached hydrogens (tertiary/aromatic N) is 4. The largest absolute Gasteiger partial charge is 0.477 e. The van der Waals surface area contributed by atoms with Gasteiger partial charge in [0.2, 0.25) is 11.8 Å². The van der Waals surface area contributed by atoms with E-state index in [9.17, 15) is 4.79 Å². The van der Waals surface area contributed by atoms with Crippen LogP contribution >= 0.6 is 0 Å². The van der Waals surface area contributed by atoms with Crippen molar-refractivity contribution in [3.63, 3.8) is 0 Å². The van der Waals surface area contributed by atoms with Crippen molar-refractivity contribution in [1.82, 2.24) is 24.8 Å². The molecule has 1 N–H and O–H groups in total.